The molecule has 0 aromatic heterocycles. The third-order valence-electron chi connectivity index (χ3n) is 3.12. The van der Waals surface area contributed by atoms with Crippen molar-refractivity contribution in [1.82, 2.24) is 0 Å². The number of hydrogen-bond acceptors (Lipinski definition) is 5. The summed E-state index contributed by atoms with van der Waals surface area (Å²) in [5.41, 5.74) is 7.51. The van der Waals surface area contributed by atoms with E-state index in [4.69, 9.17) is 19.9 Å². The van der Waals surface area contributed by atoms with Crippen molar-refractivity contribution in [2.75, 3.05) is 44.0 Å². The molecule has 0 fully saturated rings. The fraction of sp³-hybridized carbons (Fsp3) is 0.600. The molecule has 3 N–H and O–H groups in total. The summed E-state index contributed by atoms with van der Waals surface area (Å²) in [5, 5.41) is 3.27. The van der Waals surface area contributed by atoms with E-state index in [1.54, 1.807) is 6.07 Å². The van der Waals surface area contributed by atoms with Gasteiger partial charge in [-0.05, 0) is 12.3 Å². The maximum absolute atomic E-state index is 5.99. The van der Waals surface area contributed by atoms with Crippen molar-refractivity contribution in [3.05, 3.63) is 12.1 Å². The Morgan fingerprint density at radius 2 is 1.90 bits per heavy atom. The van der Waals surface area contributed by atoms with Crippen LogP contribution in [0, 0.1) is 5.92 Å². The minimum Gasteiger partial charge on any atom is -0.486 e. The molecule has 0 spiro atoms. The molecule has 0 amide bonds. The molecule has 5 nitrogen and oxygen atoms in total. The molecule has 1 aliphatic heterocycles. The van der Waals surface area contributed by atoms with Gasteiger partial charge in [0, 0.05) is 25.3 Å². The fourth-order valence-electron chi connectivity index (χ4n) is 1.94. The summed E-state index contributed by atoms with van der Waals surface area (Å²) in [6.45, 7) is 7.73. The van der Waals surface area contributed by atoms with E-state index in [9.17, 15) is 0 Å². The van der Waals surface area contributed by atoms with Crippen molar-refractivity contribution in [2.45, 2.75) is 20.3 Å². The van der Waals surface area contributed by atoms with Crippen LogP contribution in [0.25, 0.3) is 0 Å². The molecule has 1 aromatic rings. The minimum absolute atomic E-state index is 0.572. The van der Waals surface area contributed by atoms with Gasteiger partial charge in [-0.3, -0.25) is 0 Å². The number of hydrogen-bond donors (Lipinski definition) is 2. The second kappa shape index (κ2) is 7.24. The summed E-state index contributed by atoms with van der Waals surface area (Å²) in [7, 11) is 0. The van der Waals surface area contributed by atoms with Gasteiger partial charge in [0.2, 0.25) is 0 Å². The third kappa shape index (κ3) is 4.20. The molecule has 1 aromatic carbocycles. The largest absolute Gasteiger partial charge is 0.486 e. The Morgan fingerprint density at radius 3 is 2.60 bits per heavy atom. The van der Waals surface area contributed by atoms with Gasteiger partial charge in [0.05, 0.1) is 18.0 Å². The molecule has 0 saturated carbocycles. The zero-order valence-corrected chi connectivity index (χ0v) is 12.3. The van der Waals surface area contributed by atoms with Crippen molar-refractivity contribution in [3.8, 4) is 11.5 Å². The van der Waals surface area contributed by atoms with Crippen LogP contribution >= 0.6 is 0 Å². The molecule has 0 atom stereocenters. The fourth-order valence-corrected chi connectivity index (χ4v) is 1.94. The van der Waals surface area contributed by atoms with Crippen LogP contribution in [-0.4, -0.2) is 33.0 Å². The first-order valence-electron chi connectivity index (χ1n) is 7.17. The van der Waals surface area contributed by atoms with Crippen molar-refractivity contribution >= 4 is 11.4 Å². The van der Waals surface area contributed by atoms with Gasteiger partial charge in [0.15, 0.2) is 11.5 Å². The second-order valence-corrected chi connectivity index (χ2v) is 5.30. The molecule has 1 aliphatic rings. The topological polar surface area (TPSA) is 65.7 Å². The molecule has 0 radical (unpaired) electrons. The van der Waals surface area contributed by atoms with Crippen LogP contribution in [0.5, 0.6) is 11.5 Å². The van der Waals surface area contributed by atoms with Gasteiger partial charge in [0.25, 0.3) is 0 Å². The van der Waals surface area contributed by atoms with Crippen LogP contribution in [0.3, 0.4) is 0 Å². The van der Waals surface area contributed by atoms with Gasteiger partial charge < -0.3 is 25.3 Å². The molecule has 112 valence electrons. The number of fused-ring (bicyclic) bond motifs is 1. The van der Waals surface area contributed by atoms with Crippen molar-refractivity contribution < 1.29 is 14.2 Å². The molecule has 0 unspecified atom stereocenters. The molecule has 5 heteroatoms. The van der Waals surface area contributed by atoms with Crippen molar-refractivity contribution in [3.63, 3.8) is 0 Å². The van der Waals surface area contributed by atoms with Gasteiger partial charge in [-0.2, -0.15) is 0 Å². The second-order valence-electron chi connectivity index (χ2n) is 5.30. The Hall–Kier alpha value is -1.62. The van der Waals surface area contributed by atoms with E-state index in [1.165, 1.54) is 0 Å². The Labute approximate surface area is 120 Å². The highest BCUT2D eigenvalue weighted by molar-refractivity contribution is 5.72. The van der Waals surface area contributed by atoms with Crippen LogP contribution in [0.4, 0.5) is 11.4 Å². The lowest BCUT2D eigenvalue weighted by Gasteiger charge is -2.20. The van der Waals surface area contributed by atoms with Crippen LogP contribution in [0.1, 0.15) is 20.3 Å². The SMILES string of the molecule is CC(C)CCOCCNc1cc2c(cc1N)OCCO2. The molecule has 0 saturated heterocycles. The summed E-state index contributed by atoms with van der Waals surface area (Å²) >= 11 is 0. The summed E-state index contributed by atoms with van der Waals surface area (Å²) in [6.07, 6.45) is 1.09. The zero-order valence-electron chi connectivity index (χ0n) is 12.3. The smallest absolute Gasteiger partial charge is 0.163 e. The maximum atomic E-state index is 5.99. The molecule has 20 heavy (non-hydrogen) atoms. The number of anilines is 2. The highest BCUT2D eigenvalue weighted by Crippen LogP contribution is 2.36. The lowest BCUT2D eigenvalue weighted by molar-refractivity contribution is 0.132. The first kappa shape index (κ1) is 14.8. The summed E-state index contributed by atoms with van der Waals surface area (Å²) in [4.78, 5) is 0. The Balaban J connectivity index is 1.78. The standard InChI is InChI=1S/C15H24N2O3/c1-11(2)3-5-18-6-4-17-13-10-15-14(9-12(13)16)19-7-8-20-15/h9-11,17H,3-8,16H2,1-2H3. The van der Waals surface area contributed by atoms with Crippen LogP contribution in [-0.2, 0) is 4.74 Å². The van der Waals surface area contributed by atoms with Gasteiger partial charge in [-0.25, -0.2) is 0 Å². The first-order valence-corrected chi connectivity index (χ1v) is 7.17. The van der Waals surface area contributed by atoms with Crippen molar-refractivity contribution in [2.24, 2.45) is 5.92 Å². The van der Waals surface area contributed by atoms with Crippen LogP contribution in [0.2, 0.25) is 0 Å². The van der Waals surface area contributed by atoms with Crippen LogP contribution < -0.4 is 20.5 Å². The summed E-state index contributed by atoms with van der Waals surface area (Å²) in [5.74, 6) is 2.14. The zero-order chi connectivity index (χ0) is 14.4. The number of nitrogen functional groups attached to an aromatic ring is 1. The van der Waals surface area contributed by atoms with Gasteiger partial charge in [0.1, 0.15) is 13.2 Å². The molecule has 2 rings (SSSR count). The summed E-state index contributed by atoms with van der Waals surface area (Å²) in [6, 6.07) is 3.69. The van der Waals surface area contributed by atoms with E-state index in [0.717, 1.165) is 31.0 Å². The Kier molecular flexibility index (Phi) is 5.35. The quantitative estimate of drug-likeness (QED) is 0.593. The highest BCUT2D eigenvalue weighted by Gasteiger charge is 2.14. The Morgan fingerprint density at radius 1 is 1.20 bits per heavy atom. The first-order chi connectivity index (χ1) is 9.66. The van der Waals surface area contributed by atoms with Crippen LogP contribution in [0.15, 0.2) is 12.1 Å². The number of nitrogens with one attached hydrogen (secondary N) is 1. The van der Waals surface area contributed by atoms with E-state index in [0.29, 0.717) is 37.2 Å². The van der Waals surface area contributed by atoms with E-state index in [2.05, 4.69) is 19.2 Å². The van der Waals surface area contributed by atoms with Gasteiger partial charge in [-0.1, -0.05) is 13.8 Å². The number of ether oxygens (including phenoxy) is 3. The van der Waals surface area contributed by atoms with E-state index in [1.807, 2.05) is 6.07 Å². The van der Waals surface area contributed by atoms with Crippen molar-refractivity contribution in [1.29, 1.82) is 0 Å². The average molecular weight is 280 g/mol. The molecule has 0 bridgehead atoms. The monoisotopic (exact) mass is 280 g/mol. The minimum atomic E-state index is 0.572. The predicted molar refractivity (Wildman–Crippen MR) is 80.6 cm³/mol. The highest BCUT2D eigenvalue weighted by atomic mass is 16.6. The average Bonchev–Trinajstić information content (AvgIpc) is 2.42. The third-order valence-corrected chi connectivity index (χ3v) is 3.12. The summed E-state index contributed by atoms with van der Waals surface area (Å²) < 4.78 is 16.6. The van der Waals surface area contributed by atoms with Gasteiger partial charge in [-0.15, -0.1) is 0 Å². The Bertz CT molecular complexity index is 435. The molecule has 0 aliphatic carbocycles. The van der Waals surface area contributed by atoms with E-state index in [-0.39, 0.29) is 0 Å². The maximum Gasteiger partial charge on any atom is 0.163 e. The predicted octanol–water partition coefficient (Wildman–Crippen LogP) is 2.51. The number of rotatable bonds is 7. The lowest BCUT2D eigenvalue weighted by Crippen LogP contribution is -2.17. The molecular formula is C15H24N2O3. The number of nitrogens with two attached hydrogens (primary N) is 1. The molecular weight excluding hydrogens is 256 g/mol. The van der Waals surface area contributed by atoms with E-state index >= 15 is 0 Å². The number of benzene rings is 1. The van der Waals surface area contributed by atoms with Gasteiger partial charge >= 0.3 is 0 Å². The molecule has 1 heterocycles. The normalized spacial score (nSPS) is 13.6. The van der Waals surface area contributed by atoms with E-state index < -0.39 is 0 Å². The lowest BCUT2D eigenvalue weighted by atomic mass is 10.1.